The second-order valence-corrected chi connectivity index (χ2v) is 7.14. The largest absolute Gasteiger partial charge is 0.481 e. The second-order valence-electron chi connectivity index (χ2n) is 6.70. The molecule has 0 aliphatic heterocycles. The first-order valence-electron chi connectivity index (χ1n) is 8.97. The van der Waals surface area contributed by atoms with Crippen molar-refractivity contribution in [2.75, 3.05) is 18.4 Å². The maximum absolute atomic E-state index is 12.8. The number of carbonyl (C=O) groups excluding carboxylic acids is 2. The maximum atomic E-state index is 12.8. The number of hydrogen-bond donors (Lipinski definition) is 2. The molecular weight excluding hydrogens is 356 g/mol. The molecule has 1 fully saturated rings. The van der Waals surface area contributed by atoms with Gasteiger partial charge in [-0.15, -0.1) is 0 Å². The van der Waals surface area contributed by atoms with E-state index in [1.165, 1.54) is 0 Å². The van der Waals surface area contributed by atoms with E-state index in [0.29, 0.717) is 42.9 Å². The molecule has 1 saturated carbocycles. The Morgan fingerprint density at radius 1 is 1.12 bits per heavy atom. The number of amides is 2. The van der Waals surface area contributed by atoms with Gasteiger partial charge < -0.3 is 15.3 Å². The quantitative estimate of drug-likeness (QED) is 0.758. The molecule has 6 nitrogen and oxygen atoms in total. The van der Waals surface area contributed by atoms with Crippen LogP contribution in [0.15, 0.2) is 24.3 Å². The fraction of sp³-hybridized carbons (Fsp3) is 0.526. The molecule has 0 bridgehead atoms. The van der Waals surface area contributed by atoms with Crippen molar-refractivity contribution in [3.8, 4) is 0 Å². The van der Waals surface area contributed by atoms with Crippen molar-refractivity contribution < 1.29 is 19.5 Å². The number of anilines is 1. The molecule has 0 saturated heterocycles. The number of nitrogens with zero attached hydrogens (tertiary/aromatic N) is 1. The van der Waals surface area contributed by atoms with E-state index in [1.54, 1.807) is 29.2 Å². The molecule has 0 unspecified atom stereocenters. The molecule has 0 heterocycles. The van der Waals surface area contributed by atoms with Crippen LogP contribution in [0.2, 0.25) is 5.02 Å². The summed E-state index contributed by atoms with van der Waals surface area (Å²) in [6.45, 7) is 2.46. The molecule has 1 aliphatic carbocycles. The van der Waals surface area contributed by atoms with E-state index < -0.39 is 5.97 Å². The van der Waals surface area contributed by atoms with Gasteiger partial charge in [-0.25, -0.2) is 0 Å². The lowest BCUT2D eigenvalue weighted by Crippen LogP contribution is -2.43. The van der Waals surface area contributed by atoms with Crippen molar-refractivity contribution in [1.82, 2.24) is 4.90 Å². The summed E-state index contributed by atoms with van der Waals surface area (Å²) in [4.78, 5) is 37.7. The molecule has 0 atom stereocenters. The molecule has 0 radical (unpaired) electrons. The monoisotopic (exact) mass is 380 g/mol. The summed E-state index contributed by atoms with van der Waals surface area (Å²) in [5.41, 5.74) is 0.630. The standard InChI is InChI=1S/C19H25ClN2O4/c1-2-11-22(12-17(23)21-16-9-7-15(20)8-10-16)18(24)13-3-5-14(6-4-13)19(25)26/h7-10,13-14H,2-6,11-12H2,1H3,(H,21,23)(H,25,26). The highest BCUT2D eigenvalue weighted by molar-refractivity contribution is 6.30. The van der Waals surface area contributed by atoms with Crippen molar-refractivity contribution in [2.24, 2.45) is 11.8 Å². The Labute approximate surface area is 158 Å². The molecule has 142 valence electrons. The number of carboxylic acids is 1. The third-order valence-electron chi connectivity index (χ3n) is 4.69. The SMILES string of the molecule is CCCN(CC(=O)Nc1ccc(Cl)cc1)C(=O)C1CCC(C(=O)O)CC1. The minimum atomic E-state index is -0.788. The van der Waals surface area contributed by atoms with Gasteiger partial charge in [0.15, 0.2) is 0 Å². The number of carbonyl (C=O) groups is 3. The number of rotatable bonds is 7. The minimum Gasteiger partial charge on any atom is -0.481 e. The fourth-order valence-corrected chi connectivity index (χ4v) is 3.42. The summed E-state index contributed by atoms with van der Waals surface area (Å²) in [6, 6.07) is 6.79. The molecule has 2 rings (SSSR count). The summed E-state index contributed by atoms with van der Waals surface area (Å²) < 4.78 is 0. The van der Waals surface area contributed by atoms with Crippen molar-refractivity contribution in [2.45, 2.75) is 39.0 Å². The van der Waals surface area contributed by atoms with Crippen LogP contribution in [0.3, 0.4) is 0 Å². The summed E-state index contributed by atoms with van der Waals surface area (Å²) in [5, 5.41) is 12.4. The zero-order valence-corrected chi connectivity index (χ0v) is 15.7. The van der Waals surface area contributed by atoms with Crippen molar-refractivity contribution >= 4 is 35.1 Å². The molecule has 1 aromatic carbocycles. The maximum Gasteiger partial charge on any atom is 0.306 e. The predicted molar refractivity (Wildman–Crippen MR) is 100 cm³/mol. The van der Waals surface area contributed by atoms with E-state index in [4.69, 9.17) is 16.7 Å². The van der Waals surface area contributed by atoms with Crippen LogP contribution in [-0.2, 0) is 14.4 Å². The van der Waals surface area contributed by atoms with Gasteiger partial charge in [0.2, 0.25) is 11.8 Å². The third-order valence-corrected chi connectivity index (χ3v) is 4.95. The van der Waals surface area contributed by atoms with Crippen molar-refractivity contribution in [1.29, 1.82) is 0 Å². The molecule has 0 aromatic heterocycles. The van der Waals surface area contributed by atoms with Gasteiger partial charge in [0.25, 0.3) is 0 Å². The molecule has 2 N–H and O–H groups in total. The molecule has 1 aliphatic rings. The second kappa shape index (κ2) is 9.57. The number of hydrogen-bond acceptors (Lipinski definition) is 3. The molecule has 26 heavy (non-hydrogen) atoms. The predicted octanol–water partition coefficient (Wildman–Crippen LogP) is 3.41. The highest BCUT2D eigenvalue weighted by atomic mass is 35.5. The minimum absolute atomic E-state index is 0.00579. The van der Waals surface area contributed by atoms with Crippen LogP contribution in [0.1, 0.15) is 39.0 Å². The molecule has 7 heteroatoms. The lowest BCUT2D eigenvalue weighted by molar-refractivity contribution is -0.146. The molecule has 2 amide bonds. The van der Waals surface area contributed by atoms with Crippen molar-refractivity contribution in [3.05, 3.63) is 29.3 Å². The Bertz CT molecular complexity index is 639. The van der Waals surface area contributed by atoms with E-state index in [9.17, 15) is 14.4 Å². The van der Waals surface area contributed by atoms with Crippen LogP contribution >= 0.6 is 11.6 Å². The average Bonchev–Trinajstić information content (AvgIpc) is 2.62. The van der Waals surface area contributed by atoms with Crippen LogP contribution in [0.5, 0.6) is 0 Å². The van der Waals surface area contributed by atoms with E-state index in [2.05, 4.69) is 5.32 Å². The molecule has 0 spiro atoms. The Balaban J connectivity index is 1.92. The number of halogens is 1. The summed E-state index contributed by atoms with van der Waals surface area (Å²) in [5.74, 6) is -1.65. The average molecular weight is 381 g/mol. The first-order chi connectivity index (χ1) is 12.4. The topological polar surface area (TPSA) is 86.7 Å². The van der Waals surface area contributed by atoms with Gasteiger partial charge in [-0.05, 0) is 56.4 Å². The van der Waals surface area contributed by atoms with Crippen LogP contribution in [0, 0.1) is 11.8 Å². The van der Waals surface area contributed by atoms with Gasteiger partial charge in [0.1, 0.15) is 0 Å². The van der Waals surface area contributed by atoms with E-state index in [-0.39, 0.29) is 30.2 Å². The van der Waals surface area contributed by atoms with Crippen LogP contribution in [-0.4, -0.2) is 40.9 Å². The number of carboxylic acid groups (broad SMARTS) is 1. The normalized spacial score (nSPS) is 19.6. The fourth-order valence-electron chi connectivity index (χ4n) is 3.29. The van der Waals surface area contributed by atoms with Gasteiger partial charge in [0, 0.05) is 23.2 Å². The van der Waals surface area contributed by atoms with Gasteiger partial charge in [-0.3, -0.25) is 14.4 Å². The number of benzene rings is 1. The van der Waals surface area contributed by atoms with E-state index in [1.807, 2.05) is 6.92 Å². The van der Waals surface area contributed by atoms with Gasteiger partial charge in [-0.2, -0.15) is 0 Å². The molecular formula is C19H25ClN2O4. The number of aliphatic carboxylic acids is 1. The Kier molecular flexibility index (Phi) is 7.45. The lowest BCUT2D eigenvalue weighted by Gasteiger charge is -2.30. The smallest absolute Gasteiger partial charge is 0.306 e. The first kappa shape index (κ1) is 20.2. The Morgan fingerprint density at radius 2 is 1.69 bits per heavy atom. The van der Waals surface area contributed by atoms with Crippen LogP contribution in [0.25, 0.3) is 0 Å². The van der Waals surface area contributed by atoms with Crippen molar-refractivity contribution in [3.63, 3.8) is 0 Å². The number of nitrogens with one attached hydrogen (secondary N) is 1. The highest BCUT2D eigenvalue weighted by Gasteiger charge is 2.32. The summed E-state index contributed by atoms with van der Waals surface area (Å²) in [7, 11) is 0. The van der Waals surface area contributed by atoms with Gasteiger partial charge in [-0.1, -0.05) is 18.5 Å². The Morgan fingerprint density at radius 3 is 2.23 bits per heavy atom. The summed E-state index contributed by atoms with van der Waals surface area (Å²) in [6.07, 6.45) is 2.92. The Hall–Kier alpha value is -2.08. The third kappa shape index (κ3) is 5.73. The van der Waals surface area contributed by atoms with Crippen LogP contribution < -0.4 is 5.32 Å². The van der Waals surface area contributed by atoms with E-state index in [0.717, 1.165) is 6.42 Å². The summed E-state index contributed by atoms with van der Waals surface area (Å²) >= 11 is 5.83. The zero-order valence-electron chi connectivity index (χ0n) is 14.9. The molecule has 1 aromatic rings. The zero-order chi connectivity index (χ0) is 19.1. The first-order valence-corrected chi connectivity index (χ1v) is 9.35. The lowest BCUT2D eigenvalue weighted by atomic mass is 9.81. The highest BCUT2D eigenvalue weighted by Crippen LogP contribution is 2.30. The van der Waals surface area contributed by atoms with Gasteiger partial charge in [0.05, 0.1) is 12.5 Å². The van der Waals surface area contributed by atoms with Crippen LogP contribution in [0.4, 0.5) is 5.69 Å². The van der Waals surface area contributed by atoms with Gasteiger partial charge >= 0.3 is 5.97 Å². The van der Waals surface area contributed by atoms with E-state index >= 15 is 0 Å².